The van der Waals surface area contributed by atoms with Crippen LogP contribution in [0.2, 0.25) is 0 Å². The lowest BCUT2D eigenvalue weighted by atomic mass is 10.0. The fraction of sp³-hybridized carbons (Fsp3) is 0.455. The number of hydrogen-bond acceptors (Lipinski definition) is 10. The summed E-state index contributed by atoms with van der Waals surface area (Å²) in [6.07, 6.45) is -1.09. The van der Waals surface area contributed by atoms with Crippen LogP contribution in [0.15, 0.2) is 54.7 Å². The van der Waals surface area contributed by atoms with Gasteiger partial charge in [0.1, 0.15) is 23.7 Å². The number of ether oxygens (including phenoxy) is 2. The quantitative estimate of drug-likeness (QED) is 0.370. The van der Waals surface area contributed by atoms with Gasteiger partial charge in [-0.3, -0.25) is 9.69 Å². The molecule has 236 valence electrons. The molecule has 3 aromatic rings. The number of hydrogen-bond donors (Lipinski definition) is 2. The third kappa shape index (κ3) is 7.33. The van der Waals surface area contributed by atoms with Crippen molar-refractivity contribution >= 4 is 23.1 Å². The molecule has 3 saturated heterocycles. The summed E-state index contributed by atoms with van der Waals surface area (Å²) in [4.78, 5) is 27.6. The number of aliphatic hydroxyl groups excluding tert-OH is 1. The Kier molecular flexibility index (Phi) is 9.39. The lowest BCUT2D eigenvalue weighted by molar-refractivity contribution is -0.136. The third-order valence-corrected chi connectivity index (χ3v) is 8.55. The van der Waals surface area contributed by atoms with Gasteiger partial charge in [0.25, 0.3) is 0 Å². The molecule has 45 heavy (non-hydrogen) atoms. The molecule has 3 atom stereocenters. The zero-order valence-corrected chi connectivity index (χ0v) is 25.3. The van der Waals surface area contributed by atoms with Crippen LogP contribution < -0.4 is 15.0 Å². The van der Waals surface area contributed by atoms with Crippen LogP contribution in [0.1, 0.15) is 25.3 Å². The number of carbonyl (C=O) groups excluding carboxylic acids is 1. The van der Waals surface area contributed by atoms with Crippen LogP contribution in [0.4, 0.5) is 21.6 Å². The first-order valence-corrected chi connectivity index (χ1v) is 15.4. The van der Waals surface area contributed by atoms with Crippen molar-refractivity contribution in [2.75, 3.05) is 62.7 Å². The van der Waals surface area contributed by atoms with E-state index in [1.165, 1.54) is 17.5 Å². The average Bonchev–Trinajstić information content (AvgIpc) is 3.02. The molecule has 1 amide bonds. The molecule has 0 spiro atoms. The molecule has 12 heteroatoms. The number of alkyl halides is 1. The number of anilines is 3. The van der Waals surface area contributed by atoms with Crippen LogP contribution in [0, 0.1) is 11.3 Å². The van der Waals surface area contributed by atoms with E-state index in [-0.39, 0.29) is 36.6 Å². The Hall–Kier alpha value is -4.31. The van der Waals surface area contributed by atoms with Gasteiger partial charge in [-0.25, -0.2) is 14.4 Å². The number of rotatable bonds is 9. The van der Waals surface area contributed by atoms with E-state index in [1.807, 2.05) is 12.1 Å². The minimum Gasteiger partial charge on any atom is -0.486 e. The second-order valence-corrected chi connectivity index (χ2v) is 11.8. The first-order chi connectivity index (χ1) is 21.9. The number of benzene rings is 2. The Labute approximate surface area is 262 Å². The molecule has 4 heterocycles. The van der Waals surface area contributed by atoms with Crippen molar-refractivity contribution in [1.29, 1.82) is 5.26 Å². The van der Waals surface area contributed by atoms with E-state index in [2.05, 4.69) is 43.3 Å². The van der Waals surface area contributed by atoms with Crippen LogP contribution in [0.5, 0.6) is 5.75 Å². The van der Waals surface area contributed by atoms with Gasteiger partial charge in [0.15, 0.2) is 12.0 Å². The van der Waals surface area contributed by atoms with Crippen LogP contribution in [0.3, 0.4) is 0 Å². The van der Waals surface area contributed by atoms with Gasteiger partial charge in [0, 0.05) is 62.3 Å². The molecule has 3 aliphatic rings. The molecule has 0 aliphatic carbocycles. The van der Waals surface area contributed by atoms with E-state index in [0.717, 1.165) is 45.1 Å². The van der Waals surface area contributed by atoms with Gasteiger partial charge >= 0.3 is 0 Å². The lowest BCUT2D eigenvalue weighted by Crippen LogP contribution is -2.56. The van der Waals surface area contributed by atoms with Gasteiger partial charge in [-0.05, 0) is 55.5 Å². The van der Waals surface area contributed by atoms with Gasteiger partial charge < -0.3 is 29.7 Å². The smallest absolute Gasteiger partial charge is 0.225 e. The Morgan fingerprint density at radius 1 is 1.16 bits per heavy atom. The molecule has 3 aliphatic heterocycles. The molecule has 0 unspecified atom stereocenters. The Bertz CT molecular complexity index is 1520. The maximum absolute atomic E-state index is 15.0. The van der Waals surface area contributed by atoms with Crippen molar-refractivity contribution in [2.45, 2.75) is 44.2 Å². The second-order valence-electron chi connectivity index (χ2n) is 11.8. The summed E-state index contributed by atoms with van der Waals surface area (Å²) in [5, 5.41) is 22.6. The third-order valence-electron chi connectivity index (χ3n) is 8.55. The fourth-order valence-corrected chi connectivity index (χ4v) is 5.90. The van der Waals surface area contributed by atoms with Gasteiger partial charge in [-0.15, -0.1) is 0 Å². The highest BCUT2D eigenvalue weighted by Crippen LogP contribution is 2.29. The van der Waals surface area contributed by atoms with Gasteiger partial charge in [0.05, 0.1) is 43.9 Å². The minimum absolute atomic E-state index is 0.0432. The molecule has 3 fully saturated rings. The van der Waals surface area contributed by atoms with Gasteiger partial charge in [-0.2, -0.15) is 5.26 Å². The monoisotopic (exact) mass is 615 g/mol. The molecule has 11 nitrogen and oxygen atoms in total. The summed E-state index contributed by atoms with van der Waals surface area (Å²) in [7, 11) is 0. The number of nitriles is 1. The number of halogens is 1. The van der Waals surface area contributed by atoms with Crippen molar-refractivity contribution in [1.82, 2.24) is 19.8 Å². The van der Waals surface area contributed by atoms with Crippen molar-refractivity contribution in [3.8, 4) is 23.2 Å². The number of piperidine rings is 1. The van der Waals surface area contributed by atoms with E-state index in [0.29, 0.717) is 29.8 Å². The highest BCUT2D eigenvalue weighted by atomic mass is 19.1. The maximum Gasteiger partial charge on any atom is 0.225 e. The average molecular weight is 616 g/mol. The fourth-order valence-electron chi connectivity index (χ4n) is 5.90. The molecule has 1 aromatic heterocycles. The molecule has 0 bridgehead atoms. The number of nitrogens with one attached hydrogen (secondary N) is 1. The van der Waals surface area contributed by atoms with E-state index in [4.69, 9.17) is 9.47 Å². The van der Waals surface area contributed by atoms with E-state index in [1.54, 1.807) is 30.5 Å². The number of aliphatic hydroxyl groups is 1. The normalized spacial score (nSPS) is 21.5. The topological polar surface area (TPSA) is 127 Å². The summed E-state index contributed by atoms with van der Waals surface area (Å²) in [5.41, 5.74) is 2.95. The Morgan fingerprint density at radius 2 is 1.93 bits per heavy atom. The predicted octanol–water partition coefficient (Wildman–Crippen LogP) is 3.37. The zero-order chi connectivity index (χ0) is 31.3. The molecule has 2 N–H and O–H groups in total. The van der Waals surface area contributed by atoms with E-state index in [9.17, 15) is 19.6 Å². The number of nitrogens with zero attached hydrogens (tertiary/aromatic N) is 6. The first-order valence-electron chi connectivity index (χ1n) is 15.4. The van der Waals surface area contributed by atoms with Crippen LogP contribution >= 0.6 is 0 Å². The highest BCUT2D eigenvalue weighted by Gasteiger charge is 2.34. The SMILES string of the molecule is C[C@H](O)CC(=O)N1CC[C@H](Oc2ccc(-c3nccc(Nc4ccc(N5CCN(C6COC6)CC5)cc4)n3)cc2C#N)[C@H](F)C1. The molecule has 6 rings (SSSR count). The summed E-state index contributed by atoms with van der Waals surface area (Å²) in [6, 6.07) is 17.8. The van der Waals surface area contributed by atoms with Crippen molar-refractivity contribution in [3.05, 3.63) is 60.3 Å². The molecular formula is C33H38FN7O4. The number of carbonyl (C=O) groups is 1. The van der Waals surface area contributed by atoms with Gasteiger partial charge in [0.2, 0.25) is 5.91 Å². The minimum atomic E-state index is -1.42. The number of likely N-dealkylation sites (tertiary alicyclic amines) is 1. The molecule has 0 radical (unpaired) electrons. The summed E-state index contributed by atoms with van der Waals surface area (Å²) >= 11 is 0. The largest absolute Gasteiger partial charge is 0.486 e. The summed E-state index contributed by atoms with van der Waals surface area (Å²) in [6.45, 7) is 7.51. The Balaban J connectivity index is 1.06. The van der Waals surface area contributed by atoms with E-state index < -0.39 is 18.4 Å². The van der Waals surface area contributed by atoms with Crippen LogP contribution in [-0.2, 0) is 9.53 Å². The van der Waals surface area contributed by atoms with Gasteiger partial charge in [-0.1, -0.05) is 0 Å². The van der Waals surface area contributed by atoms with Crippen molar-refractivity contribution < 1.29 is 23.8 Å². The number of aromatic nitrogens is 2. The standard InChI is InChI=1S/C33H38FN7O4/c1-22(42)16-32(43)41-11-9-30(28(34)19-41)45-29-7-2-23(17-24(29)18-35)33-36-10-8-31(38-33)37-25-3-5-26(6-4-25)39-12-14-40(15-13-39)27-20-44-21-27/h2-8,10,17,22,27-28,30,42H,9,11-16,19-21H2,1H3,(H,36,37,38)/t22-,28+,30-/m0/s1. The molecule has 0 saturated carbocycles. The summed E-state index contributed by atoms with van der Waals surface area (Å²) < 4.78 is 26.2. The predicted molar refractivity (Wildman–Crippen MR) is 167 cm³/mol. The number of piperazine rings is 1. The summed E-state index contributed by atoms with van der Waals surface area (Å²) in [5.74, 6) is 1.03. The first kappa shape index (κ1) is 30.7. The Morgan fingerprint density at radius 3 is 2.60 bits per heavy atom. The molecular weight excluding hydrogens is 577 g/mol. The van der Waals surface area contributed by atoms with Crippen LogP contribution in [-0.4, -0.2) is 108 Å². The highest BCUT2D eigenvalue weighted by molar-refractivity contribution is 5.76. The second kappa shape index (κ2) is 13.8. The maximum atomic E-state index is 15.0. The van der Waals surface area contributed by atoms with Crippen molar-refractivity contribution in [2.24, 2.45) is 0 Å². The van der Waals surface area contributed by atoms with Crippen LogP contribution in [0.25, 0.3) is 11.4 Å². The zero-order valence-electron chi connectivity index (χ0n) is 25.3. The number of amides is 1. The van der Waals surface area contributed by atoms with E-state index >= 15 is 0 Å². The van der Waals surface area contributed by atoms with Crippen molar-refractivity contribution in [3.63, 3.8) is 0 Å². The lowest BCUT2D eigenvalue weighted by Gasteiger charge is -2.43. The molecule has 2 aromatic carbocycles.